The van der Waals surface area contributed by atoms with Gasteiger partial charge in [-0.3, -0.25) is 33.5 Å². The second kappa shape index (κ2) is 16.3. The van der Waals surface area contributed by atoms with Gasteiger partial charge in [0.2, 0.25) is 17.7 Å². The molecule has 0 bridgehead atoms. The molecule has 0 spiro atoms. The van der Waals surface area contributed by atoms with Gasteiger partial charge in [0.05, 0.1) is 0 Å². The van der Waals surface area contributed by atoms with Gasteiger partial charge in [0.15, 0.2) is 0 Å². The van der Waals surface area contributed by atoms with Crippen molar-refractivity contribution in [2.24, 2.45) is 5.92 Å². The summed E-state index contributed by atoms with van der Waals surface area (Å²) >= 11 is 0. The molecule has 0 heterocycles. The monoisotopic (exact) mass is 649 g/mol. The molecule has 1 fully saturated rings. The number of rotatable bonds is 16. The molecule has 0 radical (unpaired) electrons. The largest absolute Gasteiger partial charge is 0.524 e. The molecule has 1 unspecified atom stereocenters. The number of amides is 3. The van der Waals surface area contributed by atoms with Crippen molar-refractivity contribution in [1.29, 1.82) is 0 Å². The number of hydrogen-bond acceptors (Lipinski definition) is 7. The van der Waals surface area contributed by atoms with Crippen LogP contribution in [-0.4, -0.2) is 78.9 Å². The Morgan fingerprint density at radius 1 is 1.02 bits per heavy atom. The highest BCUT2D eigenvalue weighted by molar-refractivity contribution is 7.60. The van der Waals surface area contributed by atoms with E-state index < -0.39 is 68.7 Å². The number of nitrogens with one attached hydrogen (secondary N) is 2. The third-order valence-electron chi connectivity index (χ3n) is 7.16. The maximum atomic E-state index is 13.3. The zero-order chi connectivity index (χ0) is 32.4. The van der Waals surface area contributed by atoms with E-state index in [9.17, 15) is 43.2 Å². The van der Waals surface area contributed by atoms with Crippen molar-refractivity contribution in [2.75, 3.05) is 13.6 Å². The summed E-state index contributed by atoms with van der Waals surface area (Å²) in [7, 11) is -8.71. The molecule has 3 amide bonds. The van der Waals surface area contributed by atoms with Crippen LogP contribution in [0.15, 0.2) is 18.2 Å². The summed E-state index contributed by atoms with van der Waals surface area (Å²) in [6.45, 7) is 1.55. The Bertz CT molecular complexity index is 1240. The van der Waals surface area contributed by atoms with Crippen molar-refractivity contribution in [2.45, 2.75) is 83.2 Å². The molecule has 2 rings (SSSR count). The third kappa shape index (κ3) is 13.2. The molecule has 1 aliphatic carbocycles. The van der Waals surface area contributed by atoms with E-state index in [-0.39, 0.29) is 18.4 Å². The lowest BCUT2D eigenvalue weighted by molar-refractivity contribution is -0.139. The molecule has 43 heavy (non-hydrogen) atoms. The molecule has 1 aromatic carbocycles. The number of carbonyl (C=O) groups excluding carboxylic acids is 3. The number of phosphoric acid groups is 1. The quantitative estimate of drug-likeness (QED) is 0.125. The lowest BCUT2D eigenvalue weighted by atomic mass is 9.86. The fraction of sp³-hybridized carbons (Fsp3) is 0.615. The van der Waals surface area contributed by atoms with Crippen molar-refractivity contribution in [3.05, 3.63) is 23.8 Å². The zero-order valence-corrected chi connectivity index (χ0v) is 26.0. The minimum atomic E-state index is -5.17. The predicted molar refractivity (Wildman–Crippen MR) is 154 cm³/mol. The number of aliphatic carboxylic acids is 1. The minimum absolute atomic E-state index is 0.0820. The second-order valence-corrected chi connectivity index (χ2v) is 13.5. The van der Waals surface area contributed by atoms with E-state index in [1.165, 1.54) is 30.2 Å². The molecular formula is C26H41N3O12P2. The predicted octanol–water partition coefficient (Wildman–Crippen LogP) is 1.18. The van der Waals surface area contributed by atoms with Crippen molar-refractivity contribution in [1.82, 2.24) is 15.5 Å². The van der Waals surface area contributed by atoms with Gasteiger partial charge in [-0.25, -0.2) is 4.57 Å². The Balaban J connectivity index is 2.21. The highest BCUT2D eigenvalue weighted by Crippen LogP contribution is 2.43. The second-order valence-electron chi connectivity index (χ2n) is 10.8. The third-order valence-corrected chi connectivity index (χ3v) is 8.57. The highest BCUT2D eigenvalue weighted by Gasteiger charge is 2.31. The van der Waals surface area contributed by atoms with E-state index in [2.05, 4.69) is 15.2 Å². The van der Waals surface area contributed by atoms with Gasteiger partial charge in [-0.05, 0) is 42.9 Å². The molecule has 0 saturated heterocycles. The normalized spacial score (nSPS) is 15.7. The summed E-state index contributed by atoms with van der Waals surface area (Å²) in [5.74, 6) is -3.30. The van der Waals surface area contributed by atoms with E-state index in [0.717, 1.165) is 44.7 Å². The van der Waals surface area contributed by atoms with Crippen molar-refractivity contribution < 1.29 is 57.5 Å². The molecule has 15 nitrogen and oxygen atoms in total. The number of nitrogens with zero attached hydrogens (tertiary/aromatic N) is 1. The Hall–Kier alpha value is -2.80. The van der Waals surface area contributed by atoms with Crippen LogP contribution in [0.25, 0.3) is 0 Å². The molecule has 0 aliphatic heterocycles. The van der Waals surface area contributed by atoms with Crippen LogP contribution < -0.4 is 20.5 Å². The Morgan fingerprint density at radius 2 is 1.67 bits per heavy atom. The number of likely N-dealkylation sites (N-methyl/N-ethyl adjacent to an activating group) is 1. The minimum Gasteiger partial charge on any atom is -0.481 e. The maximum absolute atomic E-state index is 13.3. The summed E-state index contributed by atoms with van der Waals surface area (Å²) in [6, 6.07) is 0.421. The number of carboxylic acids is 1. The maximum Gasteiger partial charge on any atom is 0.524 e. The zero-order valence-electron chi connectivity index (χ0n) is 24.2. The molecule has 1 aromatic rings. The van der Waals surface area contributed by atoms with Gasteiger partial charge in [0.25, 0.3) is 0 Å². The van der Waals surface area contributed by atoms with Crippen molar-refractivity contribution >= 4 is 44.4 Å². The number of hydrogen-bond donors (Lipinski definition) is 7. The van der Waals surface area contributed by atoms with Gasteiger partial charge in [-0.15, -0.1) is 0 Å². The molecule has 1 aliphatic rings. The van der Waals surface area contributed by atoms with Gasteiger partial charge in [-0.2, -0.15) is 0 Å². The fourth-order valence-corrected chi connectivity index (χ4v) is 6.31. The van der Waals surface area contributed by atoms with Gasteiger partial charge in [0.1, 0.15) is 23.1 Å². The number of phosphoric ester groups is 1. The lowest BCUT2D eigenvalue weighted by Gasteiger charge is -2.27. The van der Waals surface area contributed by atoms with Crippen LogP contribution in [-0.2, 0) is 34.7 Å². The molecule has 242 valence electrons. The standard InChI is InChI=1S/C26H41N3O12P2/c1-17(30)27-21(15-19-10-12-22(41-43(38,39)40)23(16-19)42(35,36)37)25(33)28-20(11-13-24(31)32)26(34)29(2)14-6-9-18-7-4-3-5-8-18/h10,12,16,18,20-21H,3-9,11,13-15H2,1-2H3,(H,27,30)(H,28,33)(H,31,32)(H2,35,36,37)(H2,38,39,40)/t20?,21-/m0/s1. The van der Waals surface area contributed by atoms with Crippen LogP contribution in [0.5, 0.6) is 5.75 Å². The van der Waals surface area contributed by atoms with Gasteiger partial charge in [0, 0.05) is 33.4 Å². The molecule has 2 atom stereocenters. The summed E-state index contributed by atoms with van der Waals surface area (Å²) in [4.78, 5) is 88.7. The Morgan fingerprint density at radius 3 is 2.23 bits per heavy atom. The van der Waals surface area contributed by atoms with Crippen LogP contribution >= 0.6 is 15.4 Å². The average molecular weight is 650 g/mol. The van der Waals surface area contributed by atoms with Gasteiger partial charge in [-0.1, -0.05) is 38.2 Å². The summed E-state index contributed by atoms with van der Waals surface area (Å²) in [6.07, 6.45) is 6.71. The Kier molecular flexibility index (Phi) is 13.8. The van der Waals surface area contributed by atoms with Crippen LogP contribution in [0.3, 0.4) is 0 Å². The van der Waals surface area contributed by atoms with E-state index in [1.807, 2.05) is 0 Å². The van der Waals surface area contributed by atoms with Gasteiger partial charge >= 0.3 is 21.4 Å². The first-order valence-corrected chi connectivity index (χ1v) is 17.1. The van der Waals surface area contributed by atoms with E-state index in [1.54, 1.807) is 7.05 Å². The highest BCUT2D eigenvalue weighted by atomic mass is 31.2. The van der Waals surface area contributed by atoms with Crippen LogP contribution in [0, 0.1) is 5.92 Å². The smallest absolute Gasteiger partial charge is 0.481 e. The van der Waals surface area contributed by atoms with Crippen molar-refractivity contribution in [3.63, 3.8) is 0 Å². The number of carbonyl (C=O) groups is 4. The van der Waals surface area contributed by atoms with Crippen LogP contribution in [0.1, 0.15) is 70.3 Å². The van der Waals surface area contributed by atoms with Crippen LogP contribution in [0.2, 0.25) is 0 Å². The molecule has 17 heteroatoms. The summed E-state index contributed by atoms with van der Waals surface area (Å²) < 4.78 is 27.6. The average Bonchev–Trinajstić information content (AvgIpc) is 2.89. The molecular weight excluding hydrogens is 608 g/mol. The van der Waals surface area contributed by atoms with Gasteiger partial charge < -0.3 is 35.0 Å². The molecule has 7 N–H and O–H groups in total. The van der Waals surface area contributed by atoms with Crippen molar-refractivity contribution in [3.8, 4) is 5.75 Å². The summed E-state index contributed by atoms with van der Waals surface area (Å²) in [5.41, 5.74) is 0.0820. The number of carboxylic acid groups (broad SMARTS) is 1. The first-order valence-electron chi connectivity index (χ1n) is 13.9. The van der Waals surface area contributed by atoms with E-state index in [0.29, 0.717) is 12.5 Å². The first-order chi connectivity index (χ1) is 20.0. The first kappa shape index (κ1) is 36.4. The lowest BCUT2D eigenvalue weighted by Crippen LogP contribution is -2.54. The van der Waals surface area contributed by atoms with E-state index >= 15 is 0 Å². The SMILES string of the molecule is CC(=O)N[C@@H](Cc1ccc(OP(=O)(O)O)c(P(=O)(O)O)c1)C(=O)NC(CCC(=O)O)C(=O)N(C)CCCC1CCCCC1. The topological polar surface area (TPSA) is 240 Å². The molecule has 0 aromatic heterocycles. The van der Waals surface area contributed by atoms with Crippen LogP contribution in [0.4, 0.5) is 0 Å². The Labute approximate surface area is 249 Å². The van der Waals surface area contributed by atoms with E-state index in [4.69, 9.17) is 9.79 Å². The summed E-state index contributed by atoms with van der Waals surface area (Å²) in [5, 5.41) is 13.3. The number of benzene rings is 1. The fourth-order valence-electron chi connectivity index (χ4n) is 5.08. The molecule has 1 saturated carbocycles.